The van der Waals surface area contributed by atoms with Crippen LogP contribution in [0.3, 0.4) is 0 Å². The molecule has 0 spiro atoms. The number of fused-ring (bicyclic) bond motifs is 1. The van der Waals surface area contributed by atoms with E-state index in [1.54, 1.807) is 33.6 Å². The lowest BCUT2D eigenvalue weighted by atomic mass is 10.00. The number of hydrogen-bond acceptors (Lipinski definition) is 10. The minimum absolute atomic E-state index is 0.369. The van der Waals surface area contributed by atoms with E-state index in [0.29, 0.717) is 29.7 Å². The lowest BCUT2D eigenvalue weighted by molar-refractivity contribution is 0.374. The maximum absolute atomic E-state index is 5.59. The Morgan fingerprint density at radius 3 is 2.35 bits per heavy atom. The van der Waals surface area contributed by atoms with Gasteiger partial charge in [-0.1, -0.05) is 5.92 Å². The van der Waals surface area contributed by atoms with E-state index in [1.807, 2.05) is 74.7 Å². The predicted molar refractivity (Wildman–Crippen MR) is 155 cm³/mol. The molecule has 0 bridgehead atoms. The van der Waals surface area contributed by atoms with Crippen molar-refractivity contribution in [3.63, 3.8) is 0 Å². The first kappa shape index (κ1) is 26.7. The molecule has 0 radical (unpaired) electrons. The number of nitrogens with one attached hydrogen (secondary N) is 1. The molecule has 204 valence electrons. The Morgan fingerprint density at radius 1 is 0.900 bits per heavy atom. The first-order valence-corrected chi connectivity index (χ1v) is 12.7. The van der Waals surface area contributed by atoms with Crippen LogP contribution in [0, 0.1) is 11.8 Å². The highest BCUT2D eigenvalue weighted by Gasteiger charge is 2.28. The molecule has 10 heteroatoms. The molecule has 0 amide bonds. The van der Waals surface area contributed by atoms with Crippen LogP contribution in [0.4, 0.5) is 11.4 Å². The number of hydrazine groups is 1. The summed E-state index contributed by atoms with van der Waals surface area (Å²) in [5, 5.41) is 1.92. The molecule has 0 fully saturated rings. The summed E-state index contributed by atoms with van der Waals surface area (Å²) in [7, 11) is 6.78. The van der Waals surface area contributed by atoms with Crippen molar-refractivity contribution in [3.05, 3.63) is 72.6 Å². The average molecular weight is 538 g/mol. The molecule has 1 aliphatic heterocycles. The molecule has 3 heterocycles. The fourth-order valence-corrected chi connectivity index (χ4v) is 4.48. The van der Waals surface area contributed by atoms with Gasteiger partial charge in [0.2, 0.25) is 11.7 Å². The molecular formula is C30H31N7O3. The highest BCUT2D eigenvalue weighted by molar-refractivity contribution is 5.83. The van der Waals surface area contributed by atoms with E-state index in [-0.39, 0.29) is 0 Å². The van der Waals surface area contributed by atoms with E-state index in [1.165, 1.54) is 0 Å². The monoisotopic (exact) mass is 537 g/mol. The van der Waals surface area contributed by atoms with Crippen LogP contribution in [-0.4, -0.2) is 65.4 Å². The summed E-state index contributed by atoms with van der Waals surface area (Å²) < 4.78 is 16.4. The molecule has 4 aromatic rings. The highest BCUT2D eigenvalue weighted by atomic mass is 16.5. The Kier molecular flexibility index (Phi) is 7.40. The Balaban J connectivity index is 1.64. The van der Waals surface area contributed by atoms with Crippen molar-refractivity contribution in [1.29, 1.82) is 0 Å². The summed E-state index contributed by atoms with van der Waals surface area (Å²) in [5.41, 5.74) is 7.68. The highest BCUT2D eigenvalue weighted by Crippen LogP contribution is 2.38. The normalized spacial score (nSPS) is 12.9. The van der Waals surface area contributed by atoms with Gasteiger partial charge in [0.1, 0.15) is 17.0 Å². The zero-order valence-electron chi connectivity index (χ0n) is 23.4. The Hall–Kier alpha value is -4.88. The largest absolute Gasteiger partial charge is 0.497 e. The maximum Gasteiger partial charge on any atom is 0.217 e. The zero-order valence-corrected chi connectivity index (χ0v) is 23.4. The summed E-state index contributed by atoms with van der Waals surface area (Å²) in [5.74, 6) is 8.62. The van der Waals surface area contributed by atoms with Crippen LogP contribution in [0.5, 0.6) is 17.4 Å². The van der Waals surface area contributed by atoms with Crippen molar-refractivity contribution in [2.24, 2.45) is 0 Å². The zero-order chi connectivity index (χ0) is 28.3. The molecule has 40 heavy (non-hydrogen) atoms. The lowest BCUT2D eigenvalue weighted by Crippen LogP contribution is -2.39. The number of nitrogens with zero attached hydrogens (tertiary/aromatic N) is 6. The third-order valence-electron chi connectivity index (χ3n) is 6.45. The van der Waals surface area contributed by atoms with Gasteiger partial charge < -0.3 is 24.1 Å². The van der Waals surface area contributed by atoms with Crippen molar-refractivity contribution < 1.29 is 14.2 Å². The molecule has 1 N–H and O–H groups in total. The smallest absolute Gasteiger partial charge is 0.217 e. The second-order valence-corrected chi connectivity index (χ2v) is 9.67. The van der Waals surface area contributed by atoms with Crippen molar-refractivity contribution in [2.75, 3.05) is 39.8 Å². The maximum atomic E-state index is 5.59. The van der Waals surface area contributed by atoms with Crippen LogP contribution in [-0.2, 0) is 0 Å². The molecule has 0 unspecified atom stereocenters. The van der Waals surface area contributed by atoms with E-state index in [4.69, 9.17) is 19.2 Å². The van der Waals surface area contributed by atoms with Crippen LogP contribution < -0.4 is 24.5 Å². The number of hydrogen-bond donors (Lipinski definition) is 1. The summed E-state index contributed by atoms with van der Waals surface area (Å²) in [6, 6.07) is 13.4. The quantitative estimate of drug-likeness (QED) is 0.345. The molecular weight excluding hydrogens is 506 g/mol. The van der Waals surface area contributed by atoms with Crippen molar-refractivity contribution in [2.45, 2.75) is 19.4 Å². The van der Waals surface area contributed by atoms with Crippen molar-refractivity contribution >= 4 is 28.0 Å². The van der Waals surface area contributed by atoms with Gasteiger partial charge in [-0.25, -0.2) is 15.4 Å². The summed E-state index contributed by atoms with van der Waals surface area (Å²) in [6.45, 7) is 4.76. The van der Waals surface area contributed by atoms with Crippen LogP contribution in [0.25, 0.3) is 16.6 Å². The Morgan fingerprint density at radius 2 is 1.68 bits per heavy atom. The van der Waals surface area contributed by atoms with Gasteiger partial charge in [0.25, 0.3) is 0 Å². The standard InChI is InChI=1S/C30H31N7O3/c1-30(2,11-9-28-31-12-10-29(35-28)40-6)37(22-13-23(38-4)16-24(14-22)39-5)21-7-8-25-26(15-21)34-27(18-32-25)20-17-33-36(3)19-20/h7-8,10,12-16,18-19,33H,17H2,1-6H3. The molecule has 0 aliphatic carbocycles. The van der Waals surface area contributed by atoms with E-state index in [9.17, 15) is 0 Å². The SMILES string of the molecule is COc1cc(OC)cc(N(c2ccc3ncc(C4=CN(C)NC4)nc3c2)C(C)(C)C#Cc2nccc(OC)n2)c1. The molecule has 0 atom stereocenters. The first-order chi connectivity index (χ1) is 19.3. The molecule has 1 aliphatic rings. The molecule has 2 aromatic carbocycles. The first-order valence-electron chi connectivity index (χ1n) is 12.7. The molecule has 5 rings (SSSR count). The molecule has 10 nitrogen and oxygen atoms in total. The van der Waals surface area contributed by atoms with Gasteiger partial charge in [0, 0.05) is 67.2 Å². The van der Waals surface area contributed by atoms with Crippen molar-refractivity contribution in [3.8, 4) is 29.2 Å². The summed E-state index contributed by atoms with van der Waals surface area (Å²) in [6.07, 6.45) is 5.46. The van der Waals surface area contributed by atoms with Crippen LogP contribution in [0.2, 0.25) is 0 Å². The number of methoxy groups -OCH3 is 3. The fraction of sp³-hybridized carbons (Fsp3) is 0.267. The number of aromatic nitrogens is 4. The molecule has 0 saturated carbocycles. The lowest BCUT2D eigenvalue weighted by Gasteiger charge is -2.37. The minimum atomic E-state index is -0.733. The Labute approximate surface area is 233 Å². The molecule has 0 saturated heterocycles. The molecule has 2 aromatic heterocycles. The van der Waals surface area contributed by atoms with Gasteiger partial charge in [-0.3, -0.25) is 4.98 Å². The van der Waals surface area contributed by atoms with E-state index < -0.39 is 5.54 Å². The van der Waals surface area contributed by atoms with Crippen LogP contribution >= 0.6 is 0 Å². The van der Waals surface area contributed by atoms with Gasteiger partial charge in [-0.05, 0) is 38.0 Å². The second-order valence-electron chi connectivity index (χ2n) is 9.67. The van der Waals surface area contributed by atoms with Gasteiger partial charge in [0.15, 0.2) is 0 Å². The predicted octanol–water partition coefficient (Wildman–Crippen LogP) is 4.20. The van der Waals surface area contributed by atoms with Crippen molar-refractivity contribution in [1.82, 2.24) is 30.4 Å². The summed E-state index contributed by atoms with van der Waals surface area (Å²) in [4.78, 5) is 20.4. The number of ether oxygens (including phenoxy) is 3. The van der Waals surface area contributed by atoms with Gasteiger partial charge in [-0.15, -0.1) is 0 Å². The van der Waals surface area contributed by atoms with Gasteiger partial charge in [-0.2, -0.15) is 4.98 Å². The van der Waals surface area contributed by atoms with E-state index >= 15 is 0 Å². The van der Waals surface area contributed by atoms with Gasteiger partial charge >= 0.3 is 0 Å². The van der Waals surface area contributed by atoms with Crippen LogP contribution in [0.1, 0.15) is 25.4 Å². The van der Waals surface area contributed by atoms with Crippen LogP contribution in [0.15, 0.2) is 61.1 Å². The topological polar surface area (TPSA) is 97.8 Å². The van der Waals surface area contributed by atoms with E-state index in [0.717, 1.165) is 33.7 Å². The third-order valence-corrected chi connectivity index (χ3v) is 6.45. The van der Waals surface area contributed by atoms with E-state index in [2.05, 4.69) is 37.1 Å². The van der Waals surface area contributed by atoms with Gasteiger partial charge in [0.05, 0.1) is 44.3 Å². The fourth-order valence-electron chi connectivity index (χ4n) is 4.48. The number of rotatable bonds is 7. The second kappa shape index (κ2) is 11.1. The number of anilines is 2. The summed E-state index contributed by atoms with van der Waals surface area (Å²) >= 11 is 0. The minimum Gasteiger partial charge on any atom is -0.497 e. The average Bonchev–Trinajstić information content (AvgIpc) is 3.41. The third kappa shape index (κ3) is 5.60. The number of benzene rings is 2. The Bertz CT molecular complexity index is 1620.